The van der Waals surface area contributed by atoms with Crippen molar-refractivity contribution in [1.29, 1.82) is 0 Å². The van der Waals surface area contributed by atoms with Crippen LogP contribution in [0, 0.1) is 0 Å². The summed E-state index contributed by atoms with van der Waals surface area (Å²) in [7, 11) is 0. The van der Waals surface area contributed by atoms with E-state index in [9.17, 15) is 4.79 Å². The fraction of sp³-hybridized carbons (Fsp3) is 0.125. The number of halogens is 2. The van der Waals surface area contributed by atoms with Gasteiger partial charge in [0.2, 0.25) is 0 Å². The number of carbonyl (C=O) groups is 1. The molecule has 33 heavy (non-hydrogen) atoms. The number of aromatic nitrogens is 1. The minimum Gasteiger partial charge on any atom is -0.491 e. The molecule has 0 fully saturated rings. The summed E-state index contributed by atoms with van der Waals surface area (Å²) in [5.74, 6) is 0.307. The summed E-state index contributed by atoms with van der Waals surface area (Å²) in [6.07, 6.45) is 0.0155. The first-order valence-electron chi connectivity index (χ1n) is 10.0. The van der Waals surface area contributed by atoms with Crippen molar-refractivity contribution < 1.29 is 9.53 Å². The number of thiocarbonyl (C=S) groups is 1. The zero-order valence-corrected chi connectivity index (χ0v) is 22.5. The summed E-state index contributed by atoms with van der Waals surface area (Å²) in [5, 5.41) is 6.93. The zero-order chi connectivity index (χ0) is 23.5. The number of ether oxygens (including phenoxy) is 1. The molecule has 168 valence electrons. The maximum Gasteiger partial charge on any atom is 0.257 e. The van der Waals surface area contributed by atoms with Crippen LogP contribution < -0.4 is 15.4 Å². The van der Waals surface area contributed by atoms with Gasteiger partial charge < -0.3 is 10.1 Å². The molecule has 5 nitrogen and oxygen atoms in total. The molecule has 0 spiro atoms. The molecule has 1 amide bonds. The number of fused-ring (bicyclic) bond motifs is 1. The molecule has 0 aliphatic heterocycles. The molecule has 0 unspecified atom stereocenters. The van der Waals surface area contributed by atoms with E-state index in [1.807, 2.05) is 56.3 Å². The smallest absolute Gasteiger partial charge is 0.257 e. The molecule has 3 aromatic carbocycles. The number of rotatable bonds is 5. The highest BCUT2D eigenvalue weighted by atomic mass is 79.9. The Morgan fingerprint density at radius 1 is 1.09 bits per heavy atom. The second kappa shape index (κ2) is 10.3. The van der Waals surface area contributed by atoms with Crippen LogP contribution in [-0.4, -0.2) is 22.1 Å². The van der Waals surface area contributed by atoms with Crippen molar-refractivity contribution in [1.82, 2.24) is 10.3 Å². The van der Waals surface area contributed by atoms with Crippen LogP contribution >= 0.6 is 55.4 Å². The Hall–Kier alpha value is -2.33. The van der Waals surface area contributed by atoms with E-state index in [2.05, 4.69) is 42.5 Å². The molecule has 4 rings (SSSR count). The molecular weight excluding hydrogens is 586 g/mol. The van der Waals surface area contributed by atoms with Gasteiger partial charge in [-0.1, -0.05) is 34.1 Å². The van der Waals surface area contributed by atoms with Crippen LogP contribution in [0.2, 0.25) is 0 Å². The van der Waals surface area contributed by atoms with E-state index in [0.29, 0.717) is 11.3 Å². The van der Waals surface area contributed by atoms with Gasteiger partial charge in [0.15, 0.2) is 5.11 Å². The van der Waals surface area contributed by atoms with Crippen LogP contribution in [0.15, 0.2) is 69.6 Å². The second-order valence-corrected chi connectivity index (χ2v) is 10.6. The van der Waals surface area contributed by atoms with Crippen molar-refractivity contribution in [2.24, 2.45) is 0 Å². The highest BCUT2D eigenvalue weighted by molar-refractivity contribution is 9.11. The molecule has 0 atom stereocenters. The lowest BCUT2D eigenvalue weighted by Crippen LogP contribution is -2.34. The zero-order valence-electron chi connectivity index (χ0n) is 17.7. The van der Waals surface area contributed by atoms with Crippen molar-refractivity contribution >= 4 is 82.3 Å². The lowest BCUT2D eigenvalue weighted by Gasteiger charge is -2.15. The Morgan fingerprint density at radius 3 is 2.64 bits per heavy atom. The van der Waals surface area contributed by atoms with Crippen molar-refractivity contribution in [3.05, 3.63) is 75.2 Å². The molecule has 1 heterocycles. The van der Waals surface area contributed by atoms with Gasteiger partial charge in [0.05, 0.1) is 22.0 Å². The minimum atomic E-state index is -0.323. The lowest BCUT2D eigenvalue weighted by molar-refractivity contribution is 0.0977. The van der Waals surface area contributed by atoms with Crippen LogP contribution in [0.1, 0.15) is 24.2 Å². The van der Waals surface area contributed by atoms with Crippen molar-refractivity contribution in [2.45, 2.75) is 20.0 Å². The van der Waals surface area contributed by atoms with Crippen molar-refractivity contribution in [3.8, 4) is 16.3 Å². The Balaban J connectivity index is 1.58. The fourth-order valence-corrected chi connectivity index (χ4v) is 5.67. The molecule has 1 aromatic heterocycles. The van der Waals surface area contributed by atoms with E-state index in [-0.39, 0.29) is 17.1 Å². The van der Waals surface area contributed by atoms with Gasteiger partial charge in [-0.3, -0.25) is 10.1 Å². The van der Waals surface area contributed by atoms with E-state index in [1.54, 1.807) is 29.5 Å². The highest BCUT2D eigenvalue weighted by Gasteiger charge is 2.17. The third kappa shape index (κ3) is 5.78. The monoisotopic (exact) mass is 603 g/mol. The summed E-state index contributed by atoms with van der Waals surface area (Å²) in [6.45, 7) is 3.87. The fourth-order valence-electron chi connectivity index (χ4n) is 3.16. The molecule has 0 radical (unpaired) electrons. The Morgan fingerprint density at radius 2 is 1.88 bits per heavy atom. The van der Waals surface area contributed by atoms with Crippen molar-refractivity contribution in [2.75, 3.05) is 5.32 Å². The Kier molecular flexibility index (Phi) is 7.43. The van der Waals surface area contributed by atoms with E-state index < -0.39 is 0 Å². The number of anilines is 1. The average Bonchev–Trinajstić information content (AvgIpc) is 3.19. The van der Waals surface area contributed by atoms with Crippen LogP contribution in [0.4, 0.5) is 5.69 Å². The maximum atomic E-state index is 12.8. The molecule has 0 aliphatic rings. The second-order valence-electron chi connectivity index (χ2n) is 7.40. The van der Waals surface area contributed by atoms with Gasteiger partial charge in [0.25, 0.3) is 5.91 Å². The van der Waals surface area contributed by atoms with Crippen LogP contribution in [0.3, 0.4) is 0 Å². The van der Waals surface area contributed by atoms with E-state index >= 15 is 0 Å². The van der Waals surface area contributed by atoms with Crippen LogP contribution in [0.25, 0.3) is 20.8 Å². The summed E-state index contributed by atoms with van der Waals surface area (Å²) in [5.41, 5.74) is 2.97. The molecule has 0 saturated heterocycles. The van der Waals surface area contributed by atoms with Gasteiger partial charge in [-0.05, 0) is 84.5 Å². The molecule has 0 aliphatic carbocycles. The molecular formula is C24H19Br2N3O2S2. The number of amides is 1. The maximum absolute atomic E-state index is 12.8. The first-order valence-corrected chi connectivity index (χ1v) is 12.9. The number of para-hydroxylation sites is 1. The van der Waals surface area contributed by atoms with Gasteiger partial charge in [0.1, 0.15) is 10.8 Å². The summed E-state index contributed by atoms with van der Waals surface area (Å²) in [6, 6.07) is 18.9. The van der Waals surface area contributed by atoms with Crippen LogP contribution in [-0.2, 0) is 0 Å². The van der Waals surface area contributed by atoms with Crippen LogP contribution in [0.5, 0.6) is 5.75 Å². The standard InChI is InChI=1S/C24H19Br2N3O2S2/c1-13(2)31-16-7-5-6-14(10-16)22(30)29-24(32)28-21-17(11-15(25)12-18(21)26)23-27-19-8-3-4-9-20(19)33-23/h3-13H,1-2H3,(H2,28,29,30,32). The number of benzene rings is 3. The third-order valence-electron chi connectivity index (χ3n) is 4.51. The third-order valence-corrected chi connectivity index (χ3v) is 6.87. The number of hydrogen-bond acceptors (Lipinski definition) is 5. The van der Waals surface area contributed by atoms with E-state index in [4.69, 9.17) is 21.9 Å². The molecule has 9 heteroatoms. The normalized spacial score (nSPS) is 10.9. The van der Waals surface area contributed by atoms with E-state index in [1.165, 1.54) is 0 Å². The average molecular weight is 605 g/mol. The van der Waals surface area contributed by atoms with E-state index in [0.717, 1.165) is 35.4 Å². The van der Waals surface area contributed by atoms with Gasteiger partial charge in [-0.25, -0.2) is 4.98 Å². The quantitative estimate of drug-likeness (QED) is 0.232. The Labute approximate surface area is 217 Å². The molecule has 2 N–H and O–H groups in total. The number of thiazole rings is 1. The largest absolute Gasteiger partial charge is 0.491 e. The lowest BCUT2D eigenvalue weighted by atomic mass is 10.2. The van der Waals surface area contributed by atoms with Gasteiger partial charge in [0, 0.05) is 20.1 Å². The Bertz CT molecular complexity index is 1320. The SMILES string of the molecule is CC(C)Oc1cccc(C(=O)NC(=S)Nc2c(Br)cc(Br)cc2-c2nc3ccccc3s2)c1. The molecule has 0 bridgehead atoms. The highest BCUT2D eigenvalue weighted by Crippen LogP contribution is 2.40. The van der Waals surface area contributed by atoms with Gasteiger partial charge in [-0.2, -0.15) is 0 Å². The van der Waals surface area contributed by atoms with Crippen molar-refractivity contribution in [3.63, 3.8) is 0 Å². The number of nitrogens with one attached hydrogen (secondary N) is 2. The predicted molar refractivity (Wildman–Crippen MR) is 146 cm³/mol. The first kappa shape index (κ1) is 23.8. The predicted octanol–water partition coefficient (Wildman–Crippen LogP) is 7.40. The minimum absolute atomic E-state index is 0.0155. The summed E-state index contributed by atoms with van der Waals surface area (Å²) in [4.78, 5) is 17.5. The topological polar surface area (TPSA) is 63.2 Å². The number of nitrogens with zero attached hydrogens (tertiary/aromatic N) is 1. The van der Waals surface area contributed by atoms with Gasteiger partial charge in [-0.15, -0.1) is 11.3 Å². The first-order chi connectivity index (χ1) is 15.8. The summed E-state index contributed by atoms with van der Waals surface area (Å²) >= 11 is 14.2. The number of carbonyl (C=O) groups excluding carboxylic acids is 1. The number of hydrogen-bond donors (Lipinski definition) is 2. The van der Waals surface area contributed by atoms with Gasteiger partial charge >= 0.3 is 0 Å². The molecule has 4 aromatic rings. The summed E-state index contributed by atoms with van der Waals surface area (Å²) < 4.78 is 8.45. The molecule has 0 saturated carbocycles.